The standard InChI is InChI=1S/C23H21N3O5S2/c1-16-25-19(15-32-16)14-31-20-8-4-17(5-9-20)23(27)26-18-6-10-22(11-7-18)33(28,29)24-13-21-3-2-12-30-21/h2-12,15,24H,13-14H2,1H3,(H,26,27). The number of nitrogens with zero attached hydrogens (tertiary/aromatic N) is 1. The van der Waals surface area contributed by atoms with Crippen LogP contribution in [0, 0.1) is 6.92 Å². The number of hydrogen-bond acceptors (Lipinski definition) is 7. The number of aryl methyl sites for hydroxylation is 1. The third kappa shape index (κ3) is 6.07. The van der Waals surface area contributed by atoms with Crippen LogP contribution in [0.2, 0.25) is 0 Å². The molecule has 10 heteroatoms. The molecular formula is C23H21N3O5S2. The van der Waals surface area contributed by atoms with Crippen LogP contribution >= 0.6 is 11.3 Å². The monoisotopic (exact) mass is 483 g/mol. The highest BCUT2D eigenvalue weighted by molar-refractivity contribution is 7.89. The number of anilines is 1. The fourth-order valence-corrected chi connectivity index (χ4v) is 4.51. The average Bonchev–Trinajstić information content (AvgIpc) is 3.49. The summed E-state index contributed by atoms with van der Waals surface area (Å²) in [6.45, 7) is 2.35. The number of aromatic nitrogens is 1. The molecule has 0 radical (unpaired) electrons. The van der Waals surface area contributed by atoms with Crippen molar-refractivity contribution in [2.24, 2.45) is 0 Å². The molecule has 0 bridgehead atoms. The smallest absolute Gasteiger partial charge is 0.255 e. The molecule has 0 fully saturated rings. The molecule has 2 aromatic carbocycles. The quantitative estimate of drug-likeness (QED) is 0.366. The lowest BCUT2D eigenvalue weighted by Crippen LogP contribution is -2.23. The van der Waals surface area contributed by atoms with Gasteiger partial charge in [-0.05, 0) is 67.6 Å². The first-order valence-corrected chi connectivity index (χ1v) is 12.3. The summed E-state index contributed by atoms with van der Waals surface area (Å²) in [6, 6.07) is 16.0. The third-order valence-electron chi connectivity index (χ3n) is 4.61. The molecule has 0 spiro atoms. The van der Waals surface area contributed by atoms with Crippen molar-refractivity contribution in [3.05, 3.63) is 94.3 Å². The van der Waals surface area contributed by atoms with Crippen LogP contribution in [-0.4, -0.2) is 19.3 Å². The molecule has 170 valence electrons. The van der Waals surface area contributed by atoms with Crippen LogP contribution in [-0.2, 0) is 23.2 Å². The fraction of sp³-hybridized carbons (Fsp3) is 0.130. The van der Waals surface area contributed by atoms with Gasteiger partial charge in [-0.2, -0.15) is 0 Å². The molecule has 0 saturated heterocycles. The van der Waals surface area contributed by atoms with Crippen molar-refractivity contribution in [1.82, 2.24) is 9.71 Å². The molecule has 1 amide bonds. The lowest BCUT2D eigenvalue weighted by Gasteiger charge is -2.09. The molecule has 33 heavy (non-hydrogen) atoms. The molecule has 4 rings (SSSR count). The molecule has 2 heterocycles. The van der Waals surface area contributed by atoms with Gasteiger partial charge in [0.1, 0.15) is 18.1 Å². The number of sulfonamides is 1. The first kappa shape index (κ1) is 22.7. The van der Waals surface area contributed by atoms with Crippen LogP contribution in [0.5, 0.6) is 5.75 Å². The van der Waals surface area contributed by atoms with E-state index in [0.29, 0.717) is 29.4 Å². The zero-order valence-corrected chi connectivity index (χ0v) is 19.3. The molecule has 0 aliphatic heterocycles. The second-order valence-electron chi connectivity index (χ2n) is 7.05. The summed E-state index contributed by atoms with van der Waals surface area (Å²) in [7, 11) is -3.70. The van der Waals surface area contributed by atoms with E-state index in [1.807, 2.05) is 12.3 Å². The largest absolute Gasteiger partial charge is 0.487 e. The number of furan rings is 1. The van der Waals surface area contributed by atoms with E-state index < -0.39 is 10.0 Å². The first-order valence-electron chi connectivity index (χ1n) is 9.96. The van der Waals surface area contributed by atoms with E-state index in [1.54, 1.807) is 47.7 Å². The number of thiazole rings is 1. The highest BCUT2D eigenvalue weighted by atomic mass is 32.2. The number of benzene rings is 2. The molecule has 8 nitrogen and oxygen atoms in total. The molecule has 0 saturated carbocycles. The number of amides is 1. The number of hydrogen-bond donors (Lipinski definition) is 2. The van der Waals surface area contributed by atoms with Crippen LogP contribution in [0.25, 0.3) is 0 Å². The van der Waals surface area contributed by atoms with Crippen LogP contribution in [0.3, 0.4) is 0 Å². The molecule has 0 atom stereocenters. The molecular weight excluding hydrogens is 462 g/mol. The normalized spacial score (nSPS) is 11.3. The summed E-state index contributed by atoms with van der Waals surface area (Å²) in [5.74, 6) is 0.828. The van der Waals surface area contributed by atoms with E-state index in [2.05, 4.69) is 15.0 Å². The Hall–Kier alpha value is -3.47. The Bertz CT molecular complexity index is 1310. The second-order valence-corrected chi connectivity index (χ2v) is 9.88. The van der Waals surface area contributed by atoms with Gasteiger partial charge >= 0.3 is 0 Å². The summed E-state index contributed by atoms with van der Waals surface area (Å²) < 4.78 is 38.1. The number of nitrogens with one attached hydrogen (secondary N) is 2. The molecule has 2 N–H and O–H groups in total. The van der Waals surface area contributed by atoms with Gasteiger partial charge in [-0.3, -0.25) is 4.79 Å². The Balaban J connectivity index is 1.32. The lowest BCUT2D eigenvalue weighted by atomic mass is 10.2. The summed E-state index contributed by atoms with van der Waals surface area (Å²) in [6.07, 6.45) is 1.48. The van der Waals surface area contributed by atoms with E-state index in [9.17, 15) is 13.2 Å². The van der Waals surface area contributed by atoms with E-state index in [1.165, 1.54) is 30.5 Å². The minimum atomic E-state index is -3.70. The van der Waals surface area contributed by atoms with Crippen molar-refractivity contribution in [2.75, 3.05) is 5.32 Å². The highest BCUT2D eigenvalue weighted by Gasteiger charge is 2.15. The van der Waals surface area contributed by atoms with Crippen LogP contribution in [0.4, 0.5) is 5.69 Å². The number of rotatable bonds is 9. The lowest BCUT2D eigenvalue weighted by molar-refractivity contribution is 0.102. The van der Waals surface area contributed by atoms with Gasteiger partial charge in [0, 0.05) is 16.6 Å². The Labute approximate surface area is 195 Å². The first-order chi connectivity index (χ1) is 15.9. The van der Waals surface area contributed by atoms with Crippen molar-refractivity contribution in [1.29, 1.82) is 0 Å². The van der Waals surface area contributed by atoms with Crippen molar-refractivity contribution < 1.29 is 22.4 Å². The maximum Gasteiger partial charge on any atom is 0.255 e. The SMILES string of the molecule is Cc1nc(COc2ccc(C(=O)Nc3ccc(S(=O)(=O)NCc4ccco4)cc3)cc2)cs1. The number of ether oxygens (including phenoxy) is 1. The van der Waals surface area contributed by atoms with Crippen molar-refractivity contribution in [2.45, 2.75) is 25.0 Å². The maximum absolute atomic E-state index is 12.5. The average molecular weight is 484 g/mol. The van der Waals surface area contributed by atoms with Gasteiger partial charge in [0.2, 0.25) is 10.0 Å². The van der Waals surface area contributed by atoms with Crippen LogP contribution in [0.15, 0.2) is 81.6 Å². The summed E-state index contributed by atoms with van der Waals surface area (Å²) in [5, 5.41) is 5.68. The molecule has 0 unspecified atom stereocenters. The highest BCUT2D eigenvalue weighted by Crippen LogP contribution is 2.18. The minimum absolute atomic E-state index is 0.0525. The number of carbonyl (C=O) groups is 1. The van der Waals surface area contributed by atoms with E-state index in [0.717, 1.165) is 10.7 Å². The van der Waals surface area contributed by atoms with Crippen LogP contribution in [0.1, 0.15) is 26.8 Å². The molecule has 4 aromatic rings. The summed E-state index contributed by atoms with van der Waals surface area (Å²) >= 11 is 1.57. The molecule has 2 aromatic heterocycles. The fourth-order valence-electron chi connectivity index (χ4n) is 2.92. The van der Waals surface area contributed by atoms with E-state index in [-0.39, 0.29) is 17.3 Å². The van der Waals surface area contributed by atoms with Crippen molar-refractivity contribution >= 4 is 33.0 Å². The second kappa shape index (κ2) is 9.99. The van der Waals surface area contributed by atoms with Gasteiger partial charge in [-0.25, -0.2) is 18.1 Å². The number of carbonyl (C=O) groups excluding carboxylic acids is 1. The third-order valence-corrected chi connectivity index (χ3v) is 6.85. The van der Waals surface area contributed by atoms with Crippen molar-refractivity contribution in [3.8, 4) is 5.75 Å². The molecule has 0 aliphatic carbocycles. The van der Waals surface area contributed by atoms with Gasteiger partial charge in [0.05, 0.1) is 28.4 Å². The Morgan fingerprint density at radius 3 is 2.48 bits per heavy atom. The molecule has 0 aliphatic rings. The van der Waals surface area contributed by atoms with Gasteiger partial charge in [-0.15, -0.1) is 11.3 Å². The van der Waals surface area contributed by atoms with Gasteiger partial charge in [0.25, 0.3) is 5.91 Å². The van der Waals surface area contributed by atoms with E-state index in [4.69, 9.17) is 9.15 Å². The van der Waals surface area contributed by atoms with Gasteiger partial charge in [-0.1, -0.05) is 0 Å². The van der Waals surface area contributed by atoms with Gasteiger partial charge in [0.15, 0.2) is 0 Å². The summed E-state index contributed by atoms with van der Waals surface area (Å²) in [5.41, 5.74) is 1.79. The van der Waals surface area contributed by atoms with Crippen LogP contribution < -0.4 is 14.8 Å². The predicted octanol–water partition coefficient (Wildman–Crippen LogP) is 4.35. The minimum Gasteiger partial charge on any atom is -0.487 e. The Morgan fingerprint density at radius 1 is 1.09 bits per heavy atom. The zero-order chi connectivity index (χ0) is 23.3. The maximum atomic E-state index is 12.5. The zero-order valence-electron chi connectivity index (χ0n) is 17.6. The topological polar surface area (TPSA) is 111 Å². The van der Waals surface area contributed by atoms with Gasteiger partial charge < -0.3 is 14.5 Å². The van der Waals surface area contributed by atoms with Crippen molar-refractivity contribution in [3.63, 3.8) is 0 Å². The summed E-state index contributed by atoms with van der Waals surface area (Å²) in [4.78, 5) is 17.0. The Morgan fingerprint density at radius 2 is 1.85 bits per heavy atom. The predicted molar refractivity (Wildman–Crippen MR) is 125 cm³/mol. The Kier molecular flexibility index (Phi) is 6.87. The van der Waals surface area contributed by atoms with E-state index >= 15 is 0 Å².